The number of guanidine groups is 1. The molecular weight excluding hydrogens is 392 g/mol. The van der Waals surface area contributed by atoms with Crippen molar-refractivity contribution in [2.45, 2.75) is 45.9 Å². The lowest BCUT2D eigenvalue weighted by Gasteiger charge is -2.40. The lowest BCUT2D eigenvalue weighted by Crippen LogP contribution is -2.64. The first-order chi connectivity index (χ1) is 14.8. The van der Waals surface area contributed by atoms with E-state index in [4.69, 9.17) is 4.99 Å². The van der Waals surface area contributed by atoms with Crippen molar-refractivity contribution in [2.75, 3.05) is 39.8 Å². The van der Waals surface area contributed by atoms with E-state index in [0.29, 0.717) is 12.5 Å². The molecule has 0 aromatic heterocycles. The summed E-state index contributed by atoms with van der Waals surface area (Å²) >= 11 is 0. The van der Waals surface area contributed by atoms with E-state index in [2.05, 4.69) is 52.9 Å². The van der Waals surface area contributed by atoms with E-state index in [9.17, 15) is 9.59 Å². The Balaban J connectivity index is 1.56. The number of hydrogen-bond donors (Lipinski definition) is 1. The van der Waals surface area contributed by atoms with Crippen LogP contribution in [-0.2, 0) is 11.3 Å². The number of carbonyl (C=O) groups is 2. The third kappa shape index (κ3) is 4.39. The van der Waals surface area contributed by atoms with Gasteiger partial charge in [-0.1, -0.05) is 38.1 Å². The van der Waals surface area contributed by atoms with Gasteiger partial charge in [0.15, 0.2) is 18.2 Å². The van der Waals surface area contributed by atoms with Crippen LogP contribution in [0.2, 0.25) is 0 Å². The number of fused-ring (bicyclic) bond motifs is 1. The molecule has 0 saturated carbocycles. The van der Waals surface area contributed by atoms with Gasteiger partial charge in [-0.15, -0.1) is 0 Å². The number of nitrogens with one attached hydrogen (secondary N) is 1. The monoisotopic (exact) mass is 426 g/mol. The Bertz CT molecular complexity index is 861. The fraction of sp³-hybridized carbons (Fsp3) is 0.609. The maximum absolute atomic E-state index is 12.8. The fourth-order valence-electron chi connectivity index (χ4n) is 4.53. The fourth-order valence-corrected chi connectivity index (χ4v) is 4.53. The van der Waals surface area contributed by atoms with Gasteiger partial charge in [-0.2, -0.15) is 0 Å². The first kappa shape index (κ1) is 21.6. The van der Waals surface area contributed by atoms with Gasteiger partial charge < -0.3 is 14.7 Å². The zero-order valence-corrected chi connectivity index (χ0v) is 19.0. The van der Waals surface area contributed by atoms with Gasteiger partial charge in [0, 0.05) is 39.8 Å². The van der Waals surface area contributed by atoms with Crippen LogP contribution in [0.15, 0.2) is 29.3 Å². The number of nitrogens with zero attached hydrogens (tertiary/aromatic N) is 5. The highest BCUT2D eigenvalue weighted by atomic mass is 16.2. The molecule has 0 aliphatic carbocycles. The topological polar surface area (TPSA) is 71.5 Å². The zero-order chi connectivity index (χ0) is 22.1. The van der Waals surface area contributed by atoms with Crippen molar-refractivity contribution < 1.29 is 9.59 Å². The largest absolute Gasteiger partial charge is 0.340 e. The molecule has 4 rings (SSSR count). The maximum atomic E-state index is 12.8. The summed E-state index contributed by atoms with van der Waals surface area (Å²) in [5.41, 5.74) is 2.35. The number of urea groups is 1. The number of benzene rings is 1. The first-order valence-corrected chi connectivity index (χ1v) is 11.3. The average molecular weight is 427 g/mol. The highest BCUT2D eigenvalue weighted by Gasteiger charge is 2.49. The lowest BCUT2D eigenvalue weighted by atomic mass is 10.1. The van der Waals surface area contributed by atoms with E-state index in [1.54, 1.807) is 11.9 Å². The Morgan fingerprint density at radius 2 is 1.84 bits per heavy atom. The van der Waals surface area contributed by atoms with E-state index in [1.807, 2.05) is 12.1 Å². The molecule has 3 amide bonds. The summed E-state index contributed by atoms with van der Waals surface area (Å²) < 4.78 is 0. The molecule has 0 radical (unpaired) electrons. The molecular formula is C23H34N6O2. The third-order valence-electron chi connectivity index (χ3n) is 6.62. The molecule has 3 aliphatic rings. The number of carbonyl (C=O) groups excluding carboxylic acids is 2. The van der Waals surface area contributed by atoms with Crippen molar-refractivity contribution in [2.24, 2.45) is 10.9 Å². The van der Waals surface area contributed by atoms with Crippen molar-refractivity contribution >= 4 is 17.9 Å². The molecule has 2 saturated heterocycles. The van der Waals surface area contributed by atoms with Crippen molar-refractivity contribution in [3.8, 4) is 0 Å². The van der Waals surface area contributed by atoms with E-state index in [0.717, 1.165) is 38.7 Å². The number of hydrogen-bond acceptors (Lipinski definition) is 6. The number of rotatable bonds is 5. The van der Waals surface area contributed by atoms with Crippen LogP contribution in [0.1, 0.15) is 31.4 Å². The minimum Gasteiger partial charge on any atom is -0.340 e. The van der Waals surface area contributed by atoms with Gasteiger partial charge in [0.2, 0.25) is 0 Å². The molecule has 3 heterocycles. The molecule has 1 aromatic carbocycles. The summed E-state index contributed by atoms with van der Waals surface area (Å²) in [6.07, 6.45) is 0.719. The predicted molar refractivity (Wildman–Crippen MR) is 121 cm³/mol. The van der Waals surface area contributed by atoms with E-state index >= 15 is 0 Å². The van der Waals surface area contributed by atoms with Crippen LogP contribution in [0.5, 0.6) is 0 Å². The highest BCUT2D eigenvalue weighted by Crippen LogP contribution is 2.28. The zero-order valence-electron chi connectivity index (χ0n) is 19.0. The second kappa shape index (κ2) is 8.86. The molecule has 3 aliphatic heterocycles. The van der Waals surface area contributed by atoms with Crippen LogP contribution in [-0.4, -0.2) is 89.5 Å². The molecule has 0 bridgehead atoms. The van der Waals surface area contributed by atoms with Gasteiger partial charge in [-0.05, 0) is 36.9 Å². The number of aliphatic imine (C=N–C) groups is 1. The molecule has 168 valence electrons. The Morgan fingerprint density at radius 3 is 2.52 bits per heavy atom. The van der Waals surface area contributed by atoms with Crippen LogP contribution in [0.25, 0.3) is 0 Å². The predicted octanol–water partition coefficient (Wildman–Crippen LogP) is 1.71. The number of aryl methyl sites for hydroxylation is 1. The average Bonchev–Trinajstić information content (AvgIpc) is 3.12. The number of piperazine rings is 1. The van der Waals surface area contributed by atoms with Crippen LogP contribution < -0.4 is 5.32 Å². The molecule has 2 atom stereocenters. The Labute approximate surface area is 184 Å². The van der Waals surface area contributed by atoms with Crippen LogP contribution in [0.3, 0.4) is 0 Å². The summed E-state index contributed by atoms with van der Waals surface area (Å²) in [4.78, 5) is 38.4. The summed E-state index contributed by atoms with van der Waals surface area (Å²) in [6.45, 7) is 12.0. The Kier molecular flexibility index (Phi) is 6.18. The van der Waals surface area contributed by atoms with E-state index in [-0.39, 0.29) is 11.9 Å². The van der Waals surface area contributed by atoms with Gasteiger partial charge in [-0.25, -0.2) is 9.79 Å². The maximum Gasteiger partial charge on any atom is 0.325 e. The smallest absolute Gasteiger partial charge is 0.325 e. The van der Waals surface area contributed by atoms with Crippen molar-refractivity contribution in [1.29, 1.82) is 0 Å². The second-order valence-electron chi connectivity index (χ2n) is 9.26. The lowest BCUT2D eigenvalue weighted by molar-refractivity contribution is -0.127. The summed E-state index contributed by atoms with van der Waals surface area (Å²) in [5.74, 6) is 1.27. The third-order valence-corrected chi connectivity index (χ3v) is 6.62. The molecule has 1 N–H and O–H groups in total. The van der Waals surface area contributed by atoms with Crippen molar-refractivity contribution in [1.82, 2.24) is 24.9 Å². The van der Waals surface area contributed by atoms with Gasteiger partial charge in [0.25, 0.3) is 5.91 Å². The molecule has 0 spiro atoms. The molecule has 1 aromatic rings. The summed E-state index contributed by atoms with van der Waals surface area (Å²) in [6, 6.07) is 7.35. The number of likely N-dealkylation sites (N-methyl/N-ethyl adjacent to an activating group) is 1. The molecule has 31 heavy (non-hydrogen) atoms. The Hall–Kier alpha value is -2.61. The SMILES string of the molecule is Cc1ccccc1CN1C(N2CCN(CCC(C)C)CC2)=NC2C1C(=O)NC(=O)N2C. The summed E-state index contributed by atoms with van der Waals surface area (Å²) in [5, 5.41) is 2.49. The quantitative estimate of drug-likeness (QED) is 0.776. The molecule has 2 fully saturated rings. The first-order valence-electron chi connectivity index (χ1n) is 11.3. The molecule has 8 heteroatoms. The minimum absolute atomic E-state index is 0.268. The summed E-state index contributed by atoms with van der Waals surface area (Å²) in [7, 11) is 1.71. The number of amides is 3. The molecule has 8 nitrogen and oxygen atoms in total. The Morgan fingerprint density at radius 1 is 1.13 bits per heavy atom. The van der Waals surface area contributed by atoms with Crippen LogP contribution in [0.4, 0.5) is 4.79 Å². The van der Waals surface area contributed by atoms with E-state index in [1.165, 1.54) is 17.5 Å². The normalized spacial score (nSPS) is 24.5. The van der Waals surface area contributed by atoms with Gasteiger partial charge in [-0.3, -0.25) is 15.0 Å². The van der Waals surface area contributed by atoms with Gasteiger partial charge >= 0.3 is 6.03 Å². The minimum atomic E-state index is -0.503. The highest BCUT2D eigenvalue weighted by molar-refractivity contribution is 6.03. The van der Waals surface area contributed by atoms with Crippen LogP contribution in [0, 0.1) is 12.8 Å². The van der Waals surface area contributed by atoms with Gasteiger partial charge in [0.05, 0.1) is 0 Å². The van der Waals surface area contributed by atoms with E-state index < -0.39 is 12.2 Å². The van der Waals surface area contributed by atoms with Gasteiger partial charge in [0.1, 0.15) is 0 Å². The second-order valence-corrected chi connectivity index (χ2v) is 9.26. The number of imide groups is 1. The van der Waals surface area contributed by atoms with Crippen molar-refractivity contribution in [3.05, 3.63) is 35.4 Å². The van der Waals surface area contributed by atoms with Crippen molar-refractivity contribution in [3.63, 3.8) is 0 Å². The standard InChI is InChI=1S/C23H34N6O2/c1-16(2)9-10-27-11-13-28(14-12-27)22-24-20-19(21(30)25-23(31)26(20)4)29(22)15-18-8-6-5-7-17(18)3/h5-8,16,19-20H,9-15H2,1-4H3,(H,25,30,31). The van der Waals surface area contributed by atoms with Crippen LogP contribution >= 0.6 is 0 Å². The molecule has 2 unspecified atom stereocenters.